The zero-order valence-corrected chi connectivity index (χ0v) is 30.0. The van der Waals surface area contributed by atoms with Crippen LogP contribution in [0.15, 0.2) is 30.3 Å². The number of alkyl carbamates (subject to hydrolysis) is 1. The van der Waals surface area contributed by atoms with E-state index in [0.29, 0.717) is 44.1 Å². The van der Waals surface area contributed by atoms with Crippen LogP contribution in [-0.4, -0.2) is 102 Å². The number of nitrogens with zero attached hydrogens (tertiary/aromatic N) is 1. The average Bonchev–Trinajstić information content (AvgIpc) is 3.63. The number of hydrogen-bond donors (Lipinski definition) is 4. The van der Waals surface area contributed by atoms with Crippen LogP contribution in [0.3, 0.4) is 0 Å². The third-order valence-electron chi connectivity index (χ3n) is 8.73. The molecule has 15 heteroatoms. The van der Waals surface area contributed by atoms with Crippen LogP contribution < -0.4 is 21.3 Å². The van der Waals surface area contributed by atoms with E-state index in [4.69, 9.17) is 14.2 Å². The van der Waals surface area contributed by atoms with E-state index < -0.39 is 77.8 Å². The second-order valence-corrected chi connectivity index (χ2v) is 14.7. The van der Waals surface area contributed by atoms with Crippen molar-refractivity contribution in [3.63, 3.8) is 0 Å². The van der Waals surface area contributed by atoms with Crippen molar-refractivity contribution < 1.29 is 47.8 Å². The number of carbonyl (C=O) groups excluding carboxylic acids is 7. The van der Waals surface area contributed by atoms with E-state index in [1.165, 1.54) is 4.90 Å². The molecule has 1 aromatic rings. The molecule has 0 aliphatic carbocycles. The lowest BCUT2D eigenvalue weighted by Crippen LogP contribution is -2.56. The zero-order valence-electron chi connectivity index (χ0n) is 30.0. The van der Waals surface area contributed by atoms with E-state index in [1.807, 2.05) is 13.8 Å². The maximum Gasteiger partial charge on any atom is 0.407 e. The van der Waals surface area contributed by atoms with E-state index >= 15 is 0 Å². The largest absolute Gasteiger partial charge is 0.458 e. The van der Waals surface area contributed by atoms with Gasteiger partial charge < -0.3 is 40.4 Å². The molecule has 15 nitrogen and oxygen atoms in total. The Bertz CT molecular complexity index is 1450. The number of ketones is 1. The average molecular weight is 714 g/mol. The summed E-state index contributed by atoms with van der Waals surface area (Å²) in [4.78, 5) is 93.6. The Hall–Kier alpha value is -4.53. The molecule has 0 spiro atoms. The molecule has 3 saturated heterocycles. The molecule has 3 unspecified atom stereocenters. The number of rotatable bonds is 10. The van der Waals surface area contributed by atoms with Gasteiger partial charge in [-0.3, -0.25) is 24.0 Å². The molecule has 3 aliphatic rings. The zero-order chi connectivity index (χ0) is 37.3. The van der Waals surface area contributed by atoms with Gasteiger partial charge in [-0.25, -0.2) is 9.59 Å². The highest BCUT2D eigenvalue weighted by Gasteiger charge is 2.43. The van der Waals surface area contributed by atoms with Crippen LogP contribution >= 0.6 is 0 Å². The molecule has 3 heterocycles. The van der Waals surface area contributed by atoms with Crippen molar-refractivity contribution in [1.82, 2.24) is 26.2 Å². The summed E-state index contributed by atoms with van der Waals surface area (Å²) < 4.78 is 16.5. The maximum atomic E-state index is 13.7. The van der Waals surface area contributed by atoms with Crippen LogP contribution in [0.25, 0.3) is 0 Å². The van der Waals surface area contributed by atoms with Gasteiger partial charge in [-0.05, 0) is 77.2 Å². The number of carbonyl (C=O) groups is 7. The Labute approximate surface area is 298 Å². The molecule has 4 N–H and O–H groups in total. The lowest BCUT2D eigenvalue weighted by Gasteiger charge is -2.30. The Balaban J connectivity index is 1.41. The summed E-state index contributed by atoms with van der Waals surface area (Å²) in [5, 5.41) is 10.2. The van der Waals surface area contributed by atoms with Crippen LogP contribution in [0.1, 0.15) is 91.2 Å². The first-order valence-corrected chi connectivity index (χ1v) is 17.7. The molecule has 0 radical (unpaired) electrons. The van der Waals surface area contributed by atoms with Gasteiger partial charge in [0.15, 0.2) is 6.04 Å². The molecule has 6 atom stereocenters. The number of ether oxygens (including phenoxy) is 3. The molecule has 3 aliphatic heterocycles. The Morgan fingerprint density at radius 3 is 2.35 bits per heavy atom. The predicted molar refractivity (Wildman–Crippen MR) is 183 cm³/mol. The Morgan fingerprint density at radius 2 is 1.67 bits per heavy atom. The van der Waals surface area contributed by atoms with Gasteiger partial charge in [0.1, 0.15) is 17.7 Å². The van der Waals surface area contributed by atoms with Crippen LogP contribution in [-0.2, 0) is 43.0 Å². The number of Topliss-reactive ketones (excluding diaryl/α,β-unsaturated/α-hetero) is 1. The molecule has 0 bridgehead atoms. The van der Waals surface area contributed by atoms with Crippen molar-refractivity contribution in [3.05, 3.63) is 35.9 Å². The van der Waals surface area contributed by atoms with E-state index in [9.17, 15) is 33.6 Å². The Kier molecular flexibility index (Phi) is 13.6. The third kappa shape index (κ3) is 11.8. The van der Waals surface area contributed by atoms with Crippen LogP contribution in [0.5, 0.6) is 0 Å². The van der Waals surface area contributed by atoms with Gasteiger partial charge in [0, 0.05) is 6.54 Å². The third-order valence-corrected chi connectivity index (χ3v) is 8.73. The second kappa shape index (κ2) is 17.6. The minimum Gasteiger partial charge on any atom is -0.458 e. The SMILES string of the molecule is CC(C)COC(=O)N[C@H]1CCC2OC2CCCC(C(=O)C(=O)NCC(=O)N[C@H](C(=O)OC(C)(C)C)c2ccccc2)NC(=O)[C@@H]2CCCN2C1=O. The fourth-order valence-corrected chi connectivity index (χ4v) is 6.17. The summed E-state index contributed by atoms with van der Waals surface area (Å²) in [6, 6.07) is 4.25. The van der Waals surface area contributed by atoms with Gasteiger partial charge in [0.25, 0.3) is 5.91 Å². The van der Waals surface area contributed by atoms with Gasteiger partial charge in [-0.15, -0.1) is 0 Å². The highest BCUT2D eigenvalue weighted by Crippen LogP contribution is 2.32. The first-order chi connectivity index (χ1) is 24.1. The topological polar surface area (TPSA) is 202 Å². The van der Waals surface area contributed by atoms with Crippen LogP contribution in [0.4, 0.5) is 4.79 Å². The monoisotopic (exact) mass is 713 g/mol. The number of benzene rings is 1. The molecule has 280 valence electrons. The van der Waals surface area contributed by atoms with Gasteiger partial charge >= 0.3 is 12.1 Å². The highest BCUT2D eigenvalue weighted by atomic mass is 16.6. The van der Waals surface area contributed by atoms with Crippen molar-refractivity contribution in [2.45, 2.75) is 122 Å². The quantitative estimate of drug-likeness (QED) is 0.157. The first-order valence-electron chi connectivity index (χ1n) is 17.7. The number of hydrogen-bond acceptors (Lipinski definition) is 10. The smallest absolute Gasteiger partial charge is 0.407 e. The lowest BCUT2D eigenvalue weighted by atomic mass is 9.99. The van der Waals surface area contributed by atoms with E-state index in [1.54, 1.807) is 51.1 Å². The number of fused-ring (bicyclic) bond motifs is 2. The normalized spacial score (nSPS) is 24.5. The molecular formula is C36H51N5O10. The maximum absolute atomic E-state index is 13.7. The fourth-order valence-electron chi connectivity index (χ4n) is 6.17. The summed E-state index contributed by atoms with van der Waals surface area (Å²) in [5.41, 5.74) is -0.347. The van der Waals surface area contributed by atoms with Crippen molar-refractivity contribution >= 4 is 41.5 Å². The summed E-state index contributed by atoms with van der Waals surface area (Å²) in [6.45, 7) is 8.73. The summed E-state index contributed by atoms with van der Waals surface area (Å²) in [6.07, 6.45) is 1.85. The predicted octanol–water partition coefficient (Wildman–Crippen LogP) is 1.83. The molecule has 3 fully saturated rings. The summed E-state index contributed by atoms with van der Waals surface area (Å²) in [7, 11) is 0. The number of epoxide rings is 1. The van der Waals surface area contributed by atoms with Gasteiger partial charge in [-0.2, -0.15) is 0 Å². The van der Waals surface area contributed by atoms with Crippen LogP contribution in [0, 0.1) is 5.92 Å². The molecular weight excluding hydrogens is 662 g/mol. The molecule has 1 aromatic carbocycles. The lowest BCUT2D eigenvalue weighted by molar-refractivity contribution is -0.158. The molecule has 0 aromatic heterocycles. The molecule has 0 saturated carbocycles. The van der Waals surface area contributed by atoms with E-state index in [2.05, 4.69) is 21.3 Å². The molecule has 51 heavy (non-hydrogen) atoms. The Morgan fingerprint density at radius 1 is 0.961 bits per heavy atom. The molecule has 5 amide bonds. The van der Waals surface area contributed by atoms with Gasteiger partial charge in [-0.1, -0.05) is 44.2 Å². The number of nitrogens with one attached hydrogen (secondary N) is 4. The van der Waals surface area contributed by atoms with Crippen molar-refractivity contribution in [1.29, 1.82) is 0 Å². The van der Waals surface area contributed by atoms with Crippen molar-refractivity contribution in [2.24, 2.45) is 5.92 Å². The van der Waals surface area contributed by atoms with Crippen LogP contribution in [0.2, 0.25) is 0 Å². The second-order valence-electron chi connectivity index (χ2n) is 14.7. The van der Waals surface area contributed by atoms with E-state index in [-0.39, 0.29) is 37.7 Å². The minimum atomic E-state index is -1.22. The fraction of sp³-hybridized carbons (Fsp3) is 0.639. The summed E-state index contributed by atoms with van der Waals surface area (Å²) >= 11 is 0. The van der Waals surface area contributed by atoms with Crippen molar-refractivity contribution in [3.8, 4) is 0 Å². The minimum absolute atomic E-state index is 0.105. The number of amides is 5. The van der Waals surface area contributed by atoms with Gasteiger partial charge in [0.2, 0.25) is 23.5 Å². The van der Waals surface area contributed by atoms with Gasteiger partial charge in [0.05, 0.1) is 31.4 Å². The standard InChI is InChI=1S/C36H51N5O10/c1-21(2)20-49-35(48)39-24-16-17-27-26(50-27)15-9-13-23(38-31(44)25-14-10-18-41(25)33(24)46)30(43)32(45)37-19-28(42)40-29(22-11-7-6-8-12-22)34(47)51-36(3,4)5/h6-8,11-12,21,23-27,29H,9-10,13-20H2,1-5H3,(H,37,45)(H,38,44)(H,39,48)(H,40,42)/t23?,24-,25-,26?,27?,29-/m0/s1. The highest BCUT2D eigenvalue weighted by molar-refractivity contribution is 6.38. The van der Waals surface area contributed by atoms with Crippen molar-refractivity contribution in [2.75, 3.05) is 19.7 Å². The number of esters is 1. The summed E-state index contributed by atoms with van der Waals surface area (Å²) in [5.74, 6) is -4.39. The first kappa shape index (κ1) is 39.3. The molecule has 4 rings (SSSR count). The van der Waals surface area contributed by atoms with E-state index in [0.717, 1.165) is 0 Å².